The van der Waals surface area contributed by atoms with Crippen molar-refractivity contribution in [2.45, 2.75) is 0 Å². The van der Waals surface area contributed by atoms with Crippen LogP contribution in [0.2, 0.25) is 0 Å². The van der Waals surface area contributed by atoms with E-state index in [2.05, 4.69) is 12.1 Å². The maximum Gasteiger partial charge on any atom is 0.132 e. The summed E-state index contributed by atoms with van der Waals surface area (Å²) in [7, 11) is 0. The van der Waals surface area contributed by atoms with Gasteiger partial charge in [0.05, 0.1) is 11.4 Å². The van der Waals surface area contributed by atoms with E-state index in [9.17, 15) is 4.39 Å². The Labute approximate surface area is 174 Å². The zero-order chi connectivity index (χ0) is 20.3. The van der Waals surface area contributed by atoms with Crippen LogP contribution in [0.25, 0.3) is 39.3 Å². The normalized spacial score (nSPS) is 10.8. The van der Waals surface area contributed by atoms with Crippen LogP contribution in [-0.4, -0.2) is 9.78 Å². The minimum absolute atomic E-state index is 0.285. The van der Waals surface area contributed by atoms with E-state index in [1.807, 2.05) is 89.6 Å². The van der Waals surface area contributed by atoms with Gasteiger partial charge in [0, 0.05) is 16.7 Å². The van der Waals surface area contributed by atoms with Crippen molar-refractivity contribution in [3.63, 3.8) is 0 Å². The van der Waals surface area contributed by atoms with Gasteiger partial charge in [-0.2, -0.15) is 5.10 Å². The van der Waals surface area contributed by atoms with Crippen LogP contribution in [0.3, 0.4) is 0 Å². The molecular weight excluding hydrogens is 371 g/mol. The number of aromatic nitrogens is 2. The maximum atomic E-state index is 14.9. The van der Waals surface area contributed by atoms with E-state index < -0.39 is 0 Å². The molecule has 0 aliphatic heterocycles. The van der Waals surface area contributed by atoms with Gasteiger partial charge in [0.25, 0.3) is 0 Å². The first kappa shape index (κ1) is 18.1. The highest BCUT2D eigenvalue weighted by Crippen LogP contribution is 2.41. The number of halogens is 1. The molecule has 0 aliphatic rings. The second kappa shape index (κ2) is 7.80. The van der Waals surface area contributed by atoms with Crippen molar-refractivity contribution >= 4 is 0 Å². The highest BCUT2D eigenvalue weighted by Gasteiger charge is 2.24. The predicted octanol–water partition coefficient (Wildman–Crippen LogP) is 7.01. The number of nitrogens with zero attached hydrogens (tertiary/aromatic N) is 2. The Hall–Kier alpha value is -3.98. The molecule has 0 unspecified atom stereocenters. The summed E-state index contributed by atoms with van der Waals surface area (Å²) in [6, 6.07) is 37.0. The van der Waals surface area contributed by atoms with Crippen molar-refractivity contribution in [1.82, 2.24) is 9.78 Å². The van der Waals surface area contributed by atoms with Crippen molar-refractivity contribution in [2.75, 3.05) is 0 Å². The lowest BCUT2D eigenvalue weighted by atomic mass is 9.95. The van der Waals surface area contributed by atoms with Crippen LogP contribution >= 0.6 is 0 Å². The summed E-state index contributed by atoms with van der Waals surface area (Å²) in [6.45, 7) is 0. The first-order chi connectivity index (χ1) is 14.8. The van der Waals surface area contributed by atoms with Crippen molar-refractivity contribution in [3.8, 4) is 39.3 Å². The fourth-order valence-corrected chi connectivity index (χ4v) is 3.76. The minimum atomic E-state index is -0.285. The van der Waals surface area contributed by atoms with E-state index in [0.29, 0.717) is 11.3 Å². The number of benzene rings is 4. The van der Waals surface area contributed by atoms with E-state index in [1.165, 1.54) is 6.07 Å². The van der Waals surface area contributed by atoms with Crippen LogP contribution in [0.4, 0.5) is 4.39 Å². The van der Waals surface area contributed by atoms with Gasteiger partial charge >= 0.3 is 0 Å². The van der Waals surface area contributed by atoms with Gasteiger partial charge in [-0.1, -0.05) is 91.0 Å². The third-order valence-corrected chi connectivity index (χ3v) is 5.12. The highest BCUT2D eigenvalue weighted by molar-refractivity contribution is 5.92. The topological polar surface area (TPSA) is 17.8 Å². The van der Waals surface area contributed by atoms with Gasteiger partial charge in [-0.3, -0.25) is 0 Å². The molecule has 5 aromatic rings. The summed E-state index contributed by atoms with van der Waals surface area (Å²) in [5, 5.41) is 4.94. The van der Waals surface area contributed by atoms with Gasteiger partial charge in [-0.15, -0.1) is 0 Å². The molecule has 0 saturated carbocycles. The molecule has 0 saturated heterocycles. The molecule has 0 spiro atoms. The van der Waals surface area contributed by atoms with E-state index in [4.69, 9.17) is 5.10 Å². The summed E-state index contributed by atoms with van der Waals surface area (Å²) in [5.41, 5.74) is 5.91. The lowest BCUT2D eigenvalue weighted by Gasteiger charge is -2.11. The van der Waals surface area contributed by atoms with Gasteiger partial charge in [0.2, 0.25) is 0 Å². The second-order valence-corrected chi connectivity index (χ2v) is 7.03. The molecule has 30 heavy (non-hydrogen) atoms. The van der Waals surface area contributed by atoms with Crippen LogP contribution < -0.4 is 0 Å². The molecule has 3 heteroatoms. The molecule has 0 atom stereocenters. The molecule has 0 fully saturated rings. The molecule has 5 rings (SSSR count). The van der Waals surface area contributed by atoms with Crippen molar-refractivity contribution in [1.29, 1.82) is 0 Å². The molecular formula is C27H19FN2. The zero-order valence-electron chi connectivity index (χ0n) is 16.2. The van der Waals surface area contributed by atoms with Crippen LogP contribution in [-0.2, 0) is 0 Å². The lowest BCUT2D eigenvalue weighted by Crippen LogP contribution is -1.99. The average Bonchev–Trinajstić information content (AvgIpc) is 3.21. The van der Waals surface area contributed by atoms with E-state index in [-0.39, 0.29) is 5.82 Å². The van der Waals surface area contributed by atoms with Gasteiger partial charge in [-0.25, -0.2) is 9.07 Å². The first-order valence-electron chi connectivity index (χ1n) is 9.87. The summed E-state index contributed by atoms with van der Waals surface area (Å²) in [5.74, 6) is -0.285. The van der Waals surface area contributed by atoms with Gasteiger partial charge in [0.1, 0.15) is 11.5 Å². The van der Waals surface area contributed by atoms with Crippen molar-refractivity contribution < 1.29 is 4.39 Å². The number of hydrogen-bond donors (Lipinski definition) is 0. The van der Waals surface area contributed by atoms with E-state index >= 15 is 0 Å². The molecule has 0 aliphatic carbocycles. The lowest BCUT2D eigenvalue weighted by molar-refractivity contribution is 0.630. The molecule has 0 amide bonds. The quantitative estimate of drug-likeness (QED) is 0.323. The maximum absolute atomic E-state index is 14.9. The first-order valence-corrected chi connectivity index (χ1v) is 9.87. The predicted molar refractivity (Wildman–Crippen MR) is 120 cm³/mol. The number of hydrogen-bond acceptors (Lipinski definition) is 1. The average molecular weight is 390 g/mol. The van der Waals surface area contributed by atoms with Gasteiger partial charge in [0.15, 0.2) is 0 Å². The molecule has 144 valence electrons. The van der Waals surface area contributed by atoms with Crippen molar-refractivity contribution in [3.05, 3.63) is 121 Å². The highest BCUT2D eigenvalue weighted by atomic mass is 19.1. The third kappa shape index (κ3) is 3.20. The van der Waals surface area contributed by atoms with Gasteiger partial charge < -0.3 is 0 Å². The molecule has 0 radical (unpaired) electrons. The fourth-order valence-electron chi connectivity index (χ4n) is 3.76. The Morgan fingerprint density at radius 1 is 0.567 bits per heavy atom. The van der Waals surface area contributed by atoms with Crippen LogP contribution in [0, 0.1) is 5.82 Å². The monoisotopic (exact) mass is 390 g/mol. The minimum Gasteiger partial charge on any atom is -0.232 e. The Kier molecular flexibility index (Phi) is 4.70. The summed E-state index contributed by atoms with van der Waals surface area (Å²) < 4.78 is 16.8. The summed E-state index contributed by atoms with van der Waals surface area (Å²) in [4.78, 5) is 0. The SMILES string of the molecule is Fc1ccccc1-c1nn(-c2ccccc2)c(-c2ccccc2)c1-c1ccccc1. The Bertz CT molecular complexity index is 1280. The second-order valence-electron chi connectivity index (χ2n) is 7.03. The van der Waals surface area contributed by atoms with Crippen molar-refractivity contribution in [2.24, 2.45) is 0 Å². The fraction of sp³-hybridized carbons (Fsp3) is 0. The molecule has 0 N–H and O–H groups in total. The van der Waals surface area contributed by atoms with E-state index in [0.717, 1.165) is 28.1 Å². The van der Waals surface area contributed by atoms with Crippen LogP contribution in [0.1, 0.15) is 0 Å². The Morgan fingerprint density at radius 3 is 1.73 bits per heavy atom. The third-order valence-electron chi connectivity index (χ3n) is 5.12. The summed E-state index contributed by atoms with van der Waals surface area (Å²) >= 11 is 0. The smallest absolute Gasteiger partial charge is 0.132 e. The molecule has 1 aromatic heterocycles. The zero-order valence-corrected chi connectivity index (χ0v) is 16.2. The standard InChI is InChI=1S/C27H19FN2/c28-24-19-11-10-18-23(24)26-25(20-12-4-1-5-13-20)27(21-14-6-2-7-15-21)30(29-26)22-16-8-3-9-17-22/h1-19H. The Morgan fingerprint density at radius 2 is 1.10 bits per heavy atom. The van der Waals surface area contributed by atoms with Crippen LogP contribution in [0.5, 0.6) is 0 Å². The van der Waals surface area contributed by atoms with E-state index in [1.54, 1.807) is 12.1 Å². The molecule has 1 heterocycles. The summed E-state index contributed by atoms with van der Waals surface area (Å²) in [6.07, 6.45) is 0. The number of para-hydroxylation sites is 1. The van der Waals surface area contributed by atoms with Crippen LogP contribution in [0.15, 0.2) is 115 Å². The Balaban J connectivity index is 1.91. The van der Waals surface area contributed by atoms with Gasteiger partial charge in [-0.05, 0) is 29.8 Å². The number of rotatable bonds is 4. The molecule has 4 aromatic carbocycles. The molecule has 0 bridgehead atoms. The largest absolute Gasteiger partial charge is 0.232 e. The molecule has 2 nitrogen and oxygen atoms in total.